The van der Waals surface area contributed by atoms with Gasteiger partial charge in [-0.2, -0.15) is 11.3 Å². The second-order valence-corrected chi connectivity index (χ2v) is 9.15. The topological polar surface area (TPSA) is 69.9 Å². The summed E-state index contributed by atoms with van der Waals surface area (Å²) in [5.41, 5.74) is 2.49. The van der Waals surface area contributed by atoms with E-state index in [4.69, 9.17) is 9.47 Å². The Hall–Kier alpha value is -2.97. The predicted molar refractivity (Wildman–Crippen MR) is 122 cm³/mol. The van der Waals surface area contributed by atoms with Crippen LogP contribution in [0.4, 0.5) is 0 Å². The van der Waals surface area contributed by atoms with Gasteiger partial charge in [0, 0.05) is 0 Å². The zero-order valence-corrected chi connectivity index (χ0v) is 19.3. The highest BCUT2D eigenvalue weighted by atomic mass is 32.1. The third-order valence-corrected chi connectivity index (χ3v) is 6.54. The van der Waals surface area contributed by atoms with E-state index in [1.54, 1.807) is 43.8 Å². The molecule has 0 spiro atoms. The number of rotatable bonds is 5. The van der Waals surface area contributed by atoms with Crippen LogP contribution in [-0.4, -0.2) is 23.8 Å². The van der Waals surface area contributed by atoms with Crippen molar-refractivity contribution in [3.8, 4) is 5.75 Å². The lowest BCUT2D eigenvalue weighted by Gasteiger charge is -2.25. The second kappa shape index (κ2) is 8.64. The van der Waals surface area contributed by atoms with Crippen LogP contribution < -0.4 is 19.6 Å². The van der Waals surface area contributed by atoms with Gasteiger partial charge in [0.25, 0.3) is 5.56 Å². The number of hydrogen-bond acceptors (Lipinski definition) is 7. The van der Waals surface area contributed by atoms with Crippen molar-refractivity contribution in [3.63, 3.8) is 0 Å². The molecule has 0 saturated carbocycles. The molecule has 160 valence electrons. The number of aromatic nitrogens is 1. The highest BCUT2D eigenvalue weighted by molar-refractivity contribution is 7.08. The summed E-state index contributed by atoms with van der Waals surface area (Å²) in [4.78, 5) is 31.6. The Morgan fingerprint density at radius 1 is 1.23 bits per heavy atom. The third-order valence-electron chi connectivity index (χ3n) is 4.86. The second-order valence-electron chi connectivity index (χ2n) is 7.37. The number of hydrogen-bond donors (Lipinski definition) is 0. The number of fused-ring (bicyclic) bond motifs is 1. The fourth-order valence-corrected chi connectivity index (χ4v) is 5.13. The molecule has 0 fully saturated rings. The molecule has 0 bridgehead atoms. The molecule has 1 aliphatic heterocycles. The molecule has 1 aromatic carbocycles. The molecule has 3 aromatic rings. The monoisotopic (exact) mass is 454 g/mol. The Bertz CT molecular complexity index is 1310. The van der Waals surface area contributed by atoms with Crippen molar-refractivity contribution in [2.75, 3.05) is 7.11 Å². The van der Waals surface area contributed by atoms with Crippen LogP contribution in [0.2, 0.25) is 0 Å². The van der Waals surface area contributed by atoms with Gasteiger partial charge in [-0.05, 0) is 66.9 Å². The Kier molecular flexibility index (Phi) is 5.93. The number of carbonyl (C=O) groups is 1. The Morgan fingerprint density at radius 2 is 1.97 bits per heavy atom. The van der Waals surface area contributed by atoms with Crippen LogP contribution in [0.25, 0.3) is 6.08 Å². The number of thiophene rings is 1. The first-order chi connectivity index (χ1) is 14.9. The lowest BCUT2D eigenvalue weighted by atomic mass is 9.96. The van der Waals surface area contributed by atoms with Gasteiger partial charge in [-0.25, -0.2) is 9.79 Å². The molecule has 2 aromatic heterocycles. The van der Waals surface area contributed by atoms with Gasteiger partial charge in [0.15, 0.2) is 4.80 Å². The first-order valence-corrected chi connectivity index (χ1v) is 11.5. The van der Waals surface area contributed by atoms with E-state index >= 15 is 0 Å². The van der Waals surface area contributed by atoms with E-state index in [-0.39, 0.29) is 11.7 Å². The smallest absolute Gasteiger partial charge is 0.338 e. The number of ether oxygens (including phenoxy) is 2. The van der Waals surface area contributed by atoms with Crippen molar-refractivity contribution in [1.82, 2.24) is 4.57 Å². The summed E-state index contributed by atoms with van der Waals surface area (Å²) in [5.74, 6) is 0.227. The van der Waals surface area contributed by atoms with Gasteiger partial charge in [-0.15, -0.1) is 0 Å². The van der Waals surface area contributed by atoms with E-state index in [0.29, 0.717) is 26.4 Å². The number of carbonyl (C=O) groups excluding carboxylic acids is 1. The van der Waals surface area contributed by atoms with Crippen LogP contribution in [0.1, 0.15) is 37.9 Å². The van der Waals surface area contributed by atoms with Crippen LogP contribution in [0, 0.1) is 0 Å². The van der Waals surface area contributed by atoms with Crippen LogP contribution in [-0.2, 0) is 9.53 Å². The molecule has 4 rings (SSSR count). The van der Waals surface area contributed by atoms with Crippen LogP contribution in [0.3, 0.4) is 0 Å². The standard InChI is InChI=1S/C23H22N2O4S2/c1-13(2)29-22(27)19-14(3)24-23-25(20(19)16-5-7-17(28-4)8-6-16)21(26)18(31-23)11-15-9-10-30-12-15/h5-13,20H,1-4H3/b18-11+/t20-/m0/s1. The molecule has 6 nitrogen and oxygen atoms in total. The average molecular weight is 455 g/mol. The minimum Gasteiger partial charge on any atom is -0.497 e. The van der Waals surface area contributed by atoms with E-state index in [0.717, 1.165) is 11.1 Å². The zero-order valence-electron chi connectivity index (χ0n) is 17.6. The van der Waals surface area contributed by atoms with Crippen molar-refractivity contribution >= 4 is 34.7 Å². The molecule has 31 heavy (non-hydrogen) atoms. The average Bonchev–Trinajstić information content (AvgIpc) is 3.35. The van der Waals surface area contributed by atoms with E-state index in [9.17, 15) is 9.59 Å². The summed E-state index contributed by atoms with van der Waals surface area (Å²) in [5, 5.41) is 3.95. The van der Waals surface area contributed by atoms with Gasteiger partial charge >= 0.3 is 5.97 Å². The number of benzene rings is 1. The highest BCUT2D eigenvalue weighted by Gasteiger charge is 2.33. The molecular weight excluding hydrogens is 432 g/mol. The number of thiazole rings is 1. The molecule has 0 saturated heterocycles. The summed E-state index contributed by atoms with van der Waals surface area (Å²) >= 11 is 2.89. The maximum Gasteiger partial charge on any atom is 0.338 e. The minimum absolute atomic E-state index is 0.182. The first kappa shape index (κ1) is 21.3. The van der Waals surface area contributed by atoms with Gasteiger partial charge in [-0.1, -0.05) is 23.5 Å². The van der Waals surface area contributed by atoms with E-state index in [1.165, 1.54) is 11.3 Å². The molecule has 0 amide bonds. The SMILES string of the molecule is COc1ccc([C@H]2C(C(=O)OC(C)C)=C(C)N=c3s/c(=C/c4ccsc4)c(=O)n32)cc1. The summed E-state index contributed by atoms with van der Waals surface area (Å²) in [6.45, 7) is 5.38. The van der Waals surface area contributed by atoms with Crippen molar-refractivity contribution in [2.24, 2.45) is 4.99 Å². The third kappa shape index (κ3) is 4.13. The van der Waals surface area contributed by atoms with E-state index in [1.807, 2.05) is 47.2 Å². The van der Waals surface area contributed by atoms with Gasteiger partial charge in [0.2, 0.25) is 0 Å². The number of methoxy groups -OCH3 is 1. The number of esters is 1. The quantitative estimate of drug-likeness (QED) is 0.555. The molecule has 0 N–H and O–H groups in total. The molecule has 1 aliphatic rings. The van der Waals surface area contributed by atoms with Crippen molar-refractivity contribution in [2.45, 2.75) is 32.9 Å². The molecular formula is C23H22N2O4S2. The molecule has 3 heterocycles. The van der Waals surface area contributed by atoms with Crippen LogP contribution in [0.15, 0.2) is 62.1 Å². The predicted octanol–water partition coefficient (Wildman–Crippen LogP) is 3.26. The van der Waals surface area contributed by atoms with Crippen LogP contribution >= 0.6 is 22.7 Å². The Labute approximate surface area is 187 Å². The molecule has 8 heteroatoms. The molecule has 0 unspecified atom stereocenters. The minimum atomic E-state index is -0.627. The summed E-state index contributed by atoms with van der Waals surface area (Å²) < 4.78 is 12.9. The van der Waals surface area contributed by atoms with Crippen LogP contribution in [0.5, 0.6) is 5.75 Å². The Morgan fingerprint density at radius 3 is 2.58 bits per heavy atom. The van der Waals surface area contributed by atoms with Gasteiger partial charge in [0.1, 0.15) is 5.75 Å². The summed E-state index contributed by atoms with van der Waals surface area (Å²) in [7, 11) is 1.60. The molecule has 1 atom stereocenters. The fourth-order valence-electron chi connectivity index (χ4n) is 3.47. The normalized spacial score (nSPS) is 16.3. The fraction of sp³-hybridized carbons (Fsp3) is 0.261. The van der Waals surface area contributed by atoms with E-state index < -0.39 is 12.0 Å². The summed E-state index contributed by atoms with van der Waals surface area (Å²) in [6.07, 6.45) is 1.57. The van der Waals surface area contributed by atoms with Gasteiger partial charge in [0.05, 0.1) is 35.1 Å². The first-order valence-electron chi connectivity index (χ1n) is 9.78. The lowest BCUT2D eigenvalue weighted by molar-refractivity contribution is -0.143. The van der Waals surface area contributed by atoms with Crippen molar-refractivity contribution in [3.05, 3.63) is 83.2 Å². The number of allylic oxidation sites excluding steroid dienone is 1. The lowest BCUT2D eigenvalue weighted by Crippen LogP contribution is -2.40. The summed E-state index contributed by atoms with van der Waals surface area (Å²) in [6, 6.07) is 8.69. The van der Waals surface area contributed by atoms with Crippen molar-refractivity contribution < 1.29 is 14.3 Å². The van der Waals surface area contributed by atoms with Crippen molar-refractivity contribution in [1.29, 1.82) is 0 Å². The van der Waals surface area contributed by atoms with Gasteiger partial charge < -0.3 is 9.47 Å². The largest absolute Gasteiger partial charge is 0.497 e. The Balaban J connectivity index is 1.94. The highest BCUT2D eigenvalue weighted by Crippen LogP contribution is 2.31. The maximum atomic E-state index is 13.4. The van der Waals surface area contributed by atoms with Gasteiger partial charge in [-0.3, -0.25) is 9.36 Å². The molecule has 0 radical (unpaired) electrons. The zero-order chi connectivity index (χ0) is 22.1. The molecule has 0 aliphatic carbocycles. The van der Waals surface area contributed by atoms with E-state index in [2.05, 4.69) is 4.99 Å². The number of nitrogens with zero attached hydrogens (tertiary/aromatic N) is 2. The maximum absolute atomic E-state index is 13.4.